The van der Waals surface area contributed by atoms with E-state index in [9.17, 15) is 9.59 Å². The Morgan fingerprint density at radius 2 is 2.11 bits per heavy atom. The fourth-order valence-corrected chi connectivity index (χ4v) is 1.76. The average molecular weight is 252 g/mol. The normalized spacial score (nSPS) is 12.2. The molecule has 4 nitrogen and oxygen atoms in total. The van der Waals surface area contributed by atoms with Gasteiger partial charge in [-0.05, 0) is 19.4 Å². The Kier molecular flexibility index (Phi) is 5.62. The quantitative estimate of drug-likeness (QED) is 0.422. The highest BCUT2D eigenvalue weighted by Gasteiger charge is 2.19. The van der Waals surface area contributed by atoms with Gasteiger partial charge in [0.05, 0.1) is 6.26 Å². The summed E-state index contributed by atoms with van der Waals surface area (Å²) in [4.78, 5) is 22.9. The zero-order chi connectivity index (χ0) is 13.5. The monoisotopic (exact) mass is 252 g/mol. The average Bonchev–Trinajstić information content (AvgIpc) is 2.78. The summed E-state index contributed by atoms with van der Waals surface area (Å²) in [5.41, 5.74) is 0.631. The number of hydrogen-bond donors (Lipinski definition) is 0. The molecular formula is C14H20O4. The molecule has 0 aliphatic heterocycles. The van der Waals surface area contributed by atoms with Crippen LogP contribution in [-0.4, -0.2) is 11.8 Å². The van der Waals surface area contributed by atoms with Crippen LogP contribution in [0.25, 0.3) is 0 Å². The van der Waals surface area contributed by atoms with E-state index in [1.165, 1.54) is 13.2 Å². The second-order valence-corrected chi connectivity index (χ2v) is 4.35. The maximum absolute atomic E-state index is 11.6. The van der Waals surface area contributed by atoms with Crippen molar-refractivity contribution in [1.82, 2.24) is 0 Å². The minimum absolute atomic E-state index is 0.163. The van der Waals surface area contributed by atoms with Gasteiger partial charge in [0.25, 0.3) is 0 Å². The summed E-state index contributed by atoms with van der Waals surface area (Å²) in [5, 5.41) is 0. The predicted molar refractivity (Wildman–Crippen MR) is 67.4 cm³/mol. The molecular weight excluding hydrogens is 232 g/mol. The second-order valence-electron chi connectivity index (χ2n) is 4.35. The fourth-order valence-electron chi connectivity index (χ4n) is 1.76. The third-order valence-electron chi connectivity index (χ3n) is 2.75. The van der Waals surface area contributed by atoms with Gasteiger partial charge in [-0.3, -0.25) is 9.59 Å². The lowest BCUT2D eigenvalue weighted by Crippen LogP contribution is -2.10. The fraction of sp³-hybridized carbons (Fsp3) is 0.571. The summed E-state index contributed by atoms with van der Waals surface area (Å²) >= 11 is 0. The summed E-state index contributed by atoms with van der Waals surface area (Å²) in [6, 6.07) is 1.67. The molecule has 18 heavy (non-hydrogen) atoms. The lowest BCUT2D eigenvalue weighted by molar-refractivity contribution is -0.148. The van der Waals surface area contributed by atoms with Gasteiger partial charge in [-0.2, -0.15) is 0 Å². The van der Waals surface area contributed by atoms with E-state index >= 15 is 0 Å². The number of ketones is 1. The van der Waals surface area contributed by atoms with E-state index in [4.69, 9.17) is 9.15 Å². The summed E-state index contributed by atoms with van der Waals surface area (Å²) in [6.07, 6.45) is 4.34. The van der Waals surface area contributed by atoms with Crippen LogP contribution in [0.1, 0.15) is 68.7 Å². The molecule has 4 heteroatoms. The first-order chi connectivity index (χ1) is 8.56. The molecule has 0 radical (unpaired) electrons. The van der Waals surface area contributed by atoms with E-state index in [0.717, 1.165) is 19.3 Å². The molecule has 1 heterocycles. The van der Waals surface area contributed by atoms with E-state index in [0.29, 0.717) is 12.0 Å². The van der Waals surface area contributed by atoms with Gasteiger partial charge >= 0.3 is 5.97 Å². The number of unbranched alkanes of at least 4 members (excludes halogenated alkanes) is 2. The molecule has 1 aromatic rings. The summed E-state index contributed by atoms with van der Waals surface area (Å²) in [7, 11) is 0. The Bertz CT molecular complexity index is 406. The van der Waals surface area contributed by atoms with Gasteiger partial charge in [0.2, 0.25) is 0 Å². The van der Waals surface area contributed by atoms with Gasteiger partial charge in [0.15, 0.2) is 11.5 Å². The molecule has 0 spiro atoms. The molecule has 0 bridgehead atoms. The number of esters is 1. The van der Waals surface area contributed by atoms with E-state index in [-0.39, 0.29) is 17.5 Å². The van der Waals surface area contributed by atoms with Crippen LogP contribution in [0.2, 0.25) is 0 Å². The molecule has 0 aliphatic rings. The molecule has 1 aromatic heterocycles. The van der Waals surface area contributed by atoms with Crippen LogP contribution in [0.5, 0.6) is 0 Å². The molecule has 0 aliphatic carbocycles. The summed E-state index contributed by atoms with van der Waals surface area (Å²) in [5.74, 6) is -0.126. The highest BCUT2D eigenvalue weighted by molar-refractivity contribution is 5.92. The lowest BCUT2D eigenvalue weighted by Gasteiger charge is -2.12. The number of Topliss-reactive ketones (excluding diaryl/α,β-unsaturated/α-hetero) is 1. The number of carbonyl (C=O) groups excluding carboxylic acids is 2. The second kappa shape index (κ2) is 6.99. The first kappa shape index (κ1) is 14.5. The molecule has 1 rings (SSSR count). The lowest BCUT2D eigenvalue weighted by atomic mass is 10.1. The third-order valence-corrected chi connectivity index (χ3v) is 2.75. The van der Waals surface area contributed by atoms with Crippen molar-refractivity contribution in [3.63, 3.8) is 0 Å². The van der Waals surface area contributed by atoms with Crippen molar-refractivity contribution in [3.8, 4) is 0 Å². The predicted octanol–water partition coefficient (Wildman–Crippen LogP) is 3.67. The largest absolute Gasteiger partial charge is 0.461 e. The van der Waals surface area contributed by atoms with Gasteiger partial charge in [-0.15, -0.1) is 0 Å². The van der Waals surface area contributed by atoms with Crippen LogP contribution in [0.4, 0.5) is 0 Å². The van der Waals surface area contributed by atoms with Crippen molar-refractivity contribution < 1.29 is 18.7 Å². The SMILES string of the molecule is CCCCCC(=O)OC(C)c1ccoc1C(C)=O. The van der Waals surface area contributed by atoms with Crippen molar-refractivity contribution in [2.24, 2.45) is 0 Å². The van der Waals surface area contributed by atoms with Crippen molar-refractivity contribution in [2.45, 2.75) is 52.6 Å². The number of hydrogen-bond acceptors (Lipinski definition) is 4. The van der Waals surface area contributed by atoms with E-state index < -0.39 is 6.10 Å². The zero-order valence-electron chi connectivity index (χ0n) is 11.2. The number of carbonyl (C=O) groups is 2. The van der Waals surface area contributed by atoms with Gasteiger partial charge in [-0.1, -0.05) is 19.8 Å². The Morgan fingerprint density at radius 3 is 2.72 bits per heavy atom. The van der Waals surface area contributed by atoms with Gasteiger partial charge in [0, 0.05) is 18.9 Å². The van der Waals surface area contributed by atoms with Crippen molar-refractivity contribution in [2.75, 3.05) is 0 Å². The maximum atomic E-state index is 11.6. The first-order valence-electron chi connectivity index (χ1n) is 6.34. The molecule has 1 atom stereocenters. The Morgan fingerprint density at radius 1 is 1.39 bits per heavy atom. The Labute approximate surface area is 107 Å². The minimum atomic E-state index is -0.447. The van der Waals surface area contributed by atoms with E-state index in [2.05, 4.69) is 6.92 Å². The topological polar surface area (TPSA) is 56.5 Å². The molecule has 0 N–H and O–H groups in total. The molecule has 0 amide bonds. The van der Waals surface area contributed by atoms with Crippen molar-refractivity contribution in [3.05, 3.63) is 23.7 Å². The van der Waals surface area contributed by atoms with Gasteiger partial charge in [-0.25, -0.2) is 0 Å². The van der Waals surface area contributed by atoms with Crippen LogP contribution in [0.3, 0.4) is 0 Å². The van der Waals surface area contributed by atoms with Crippen LogP contribution < -0.4 is 0 Å². The van der Waals surface area contributed by atoms with Crippen molar-refractivity contribution in [1.29, 1.82) is 0 Å². The molecule has 1 unspecified atom stereocenters. The number of ether oxygens (including phenoxy) is 1. The van der Waals surface area contributed by atoms with E-state index in [1.807, 2.05) is 0 Å². The Balaban J connectivity index is 2.54. The highest BCUT2D eigenvalue weighted by Crippen LogP contribution is 2.23. The van der Waals surface area contributed by atoms with Crippen LogP contribution in [0.15, 0.2) is 16.7 Å². The standard InChI is InChI=1S/C14H20O4/c1-4-5-6-7-13(16)18-11(3)12-8-9-17-14(12)10(2)15/h8-9,11H,4-7H2,1-3H3. The van der Waals surface area contributed by atoms with Gasteiger partial charge < -0.3 is 9.15 Å². The first-order valence-corrected chi connectivity index (χ1v) is 6.34. The van der Waals surface area contributed by atoms with E-state index in [1.54, 1.807) is 13.0 Å². The van der Waals surface area contributed by atoms with Crippen LogP contribution in [0, 0.1) is 0 Å². The summed E-state index contributed by atoms with van der Waals surface area (Å²) < 4.78 is 10.4. The van der Waals surface area contributed by atoms with Gasteiger partial charge in [0.1, 0.15) is 6.10 Å². The zero-order valence-corrected chi connectivity index (χ0v) is 11.2. The Hall–Kier alpha value is -1.58. The summed E-state index contributed by atoms with van der Waals surface area (Å²) in [6.45, 7) is 5.26. The molecule has 0 fully saturated rings. The van der Waals surface area contributed by atoms with Crippen LogP contribution in [-0.2, 0) is 9.53 Å². The highest BCUT2D eigenvalue weighted by atomic mass is 16.5. The van der Waals surface area contributed by atoms with Crippen LogP contribution >= 0.6 is 0 Å². The molecule has 0 saturated carbocycles. The van der Waals surface area contributed by atoms with Crippen molar-refractivity contribution >= 4 is 11.8 Å². The third kappa shape index (κ3) is 4.02. The minimum Gasteiger partial charge on any atom is -0.461 e. The molecule has 0 aromatic carbocycles. The number of furan rings is 1. The smallest absolute Gasteiger partial charge is 0.306 e. The molecule has 100 valence electrons. The maximum Gasteiger partial charge on any atom is 0.306 e. The molecule has 0 saturated heterocycles. The number of rotatable bonds is 7.